The summed E-state index contributed by atoms with van der Waals surface area (Å²) in [6.45, 7) is 2.53. The maximum Gasteiger partial charge on any atom is 0.320 e. The van der Waals surface area contributed by atoms with Crippen LogP contribution in [0.4, 0.5) is 0 Å². The van der Waals surface area contributed by atoms with E-state index in [0.29, 0.717) is 18.7 Å². The quantitative estimate of drug-likeness (QED) is 0.789. The fourth-order valence-electron chi connectivity index (χ4n) is 2.15. The van der Waals surface area contributed by atoms with Crippen LogP contribution in [-0.2, 0) is 14.6 Å². The van der Waals surface area contributed by atoms with Crippen LogP contribution in [0.3, 0.4) is 0 Å². The Kier molecular flexibility index (Phi) is 5.94. The van der Waals surface area contributed by atoms with Gasteiger partial charge in [-0.25, -0.2) is 8.42 Å². The number of carboxylic acids is 1. The van der Waals surface area contributed by atoms with Gasteiger partial charge in [0.25, 0.3) is 0 Å². The van der Waals surface area contributed by atoms with E-state index in [0.717, 1.165) is 18.6 Å². The highest BCUT2D eigenvalue weighted by atomic mass is 32.2. The lowest BCUT2D eigenvalue weighted by Crippen LogP contribution is -2.54. The Morgan fingerprint density at radius 3 is 2.72 bits per heavy atom. The van der Waals surface area contributed by atoms with Crippen molar-refractivity contribution in [2.75, 3.05) is 24.3 Å². The van der Waals surface area contributed by atoms with Crippen LogP contribution in [0, 0.1) is 0 Å². The first kappa shape index (κ1) is 15.8. The number of carbonyl (C=O) groups is 1. The smallest absolute Gasteiger partial charge is 0.320 e. The highest BCUT2D eigenvalue weighted by Crippen LogP contribution is 2.24. The Balaban J connectivity index is 2.88. The van der Waals surface area contributed by atoms with Gasteiger partial charge in [0, 0.05) is 24.3 Å². The molecule has 0 aromatic heterocycles. The molecule has 1 aliphatic heterocycles. The third kappa shape index (κ3) is 4.13. The van der Waals surface area contributed by atoms with Crippen molar-refractivity contribution in [3.63, 3.8) is 0 Å². The molecule has 1 fully saturated rings. The Morgan fingerprint density at radius 1 is 1.56 bits per heavy atom. The van der Waals surface area contributed by atoms with Gasteiger partial charge >= 0.3 is 5.97 Å². The zero-order valence-electron chi connectivity index (χ0n) is 10.8. The van der Waals surface area contributed by atoms with Crippen molar-refractivity contribution in [1.29, 1.82) is 0 Å². The molecule has 1 rings (SSSR count). The maximum atomic E-state index is 11.7. The van der Waals surface area contributed by atoms with Crippen LogP contribution < -0.4 is 0 Å². The minimum Gasteiger partial charge on any atom is -0.480 e. The number of aliphatic carboxylic acids is 1. The minimum absolute atomic E-state index is 0.467. The molecule has 0 spiro atoms. The van der Waals surface area contributed by atoms with E-state index >= 15 is 0 Å². The van der Waals surface area contributed by atoms with E-state index in [9.17, 15) is 18.3 Å². The van der Waals surface area contributed by atoms with E-state index in [-0.39, 0.29) is 0 Å². The van der Waals surface area contributed by atoms with Crippen LogP contribution in [0.2, 0.25) is 0 Å². The predicted octanol–water partition coefficient (Wildman–Crippen LogP) is 1.05. The van der Waals surface area contributed by atoms with Gasteiger partial charge in [-0.15, -0.1) is 0 Å². The molecular formula is C11H21NO4S2. The van der Waals surface area contributed by atoms with E-state index in [1.807, 2.05) is 6.92 Å². The number of hydrogen-bond donors (Lipinski definition) is 1. The van der Waals surface area contributed by atoms with Gasteiger partial charge in [0.05, 0.1) is 0 Å². The Morgan fingerprint density at radius 2 is 2.22 bits per heavy atom. The molecule has 1 aliphatic rings. The summed E-state index contributed by atoms with van der Waals surface area (Å²) in [6, 6.07) is -0.675. The molecule has 0 bridgehead atoms. The van der Waals surface area contributed by atoms with Gasteiger partial charge in [-0.1, -0.05) is 19.8 Å². The van der Waals surface area contributed by atoms with Crippen LogP contribution in [0.15, 0.2) is 0 Å². The van der Waals surface area contributed by atoms with Gasteiger partial charge < -0.3 is 5.11 Å². The van der Waals surface area contributed by atoms with Crippen LogP contribution in [0.1, 0.15) is 26.2 Å². The molecule has 1 N–H and O–H groups in total. The molecule has 106 valence electrons. The highest BCUT2D eigenvalue weighted by molar-refractivity contribution is 8.00. The van der Waals surface area contributed by atoms with Crippen LogP contribution in [0.25, 0.3) is 0 Å². The Bertz CT molecular complexity index is 383. The zero-order chi connectivity index (χ0) is 13.8. The van der Waals surface area contributed by atoms with E-state index in [4.69, 9.17) is 0 Å². The average Bonchev–Trinajstić information content (AvgIpc) is 2.28. The van der Waals surface area contributed by atoms with E-state index in [1.54, 1.807) is 16.7 Å². The van der Waals surface area contributed by atoms with Gasteiger partial charge in [0.1, 0.15) is 11.4 Å². The summed E-state index contributed by atoms with van der Waals surface area (Å²) in [5.74, 6) is 0.348. The number of sulfone groups is 1. The first-order valence-corrected chi connectivity index (χ1v) is 9.24. The lowest BCUT2D eigenvalue weighted by atomic mass is 10.1. The second-order valence-corrected chi connectivity index (χ2v) is 7.95. The summed E-state index contributed by atoms with van der Waals surface area (Å²) in [5, 5.41) is 8.63. The summed E-state index contributed by atoms with van der Waals surface area (Å²) < 4.78 is 23.5. The van der Waals surface area contributed by atoms with E-state index < -0.39 is 27.2 Å². The zero-order valence-corrected chi connectivity index (χ0v) is 12.5. The lowest BCUT2D eigenvalue weighted by Gasteiger charge is -2.37. The molecule has 1 heterocycles. The molecule has 0 aromatic carbocycles. The largest absolute Gasteiger partial charge is 0.480 e. The van der Waals surface area contributed by atoms with Gasteiger partial charge in [-0.3, -0.25) is 9.69 Å². The first-order valence-electron chi connectivity index (χ1n) is 6.13. The average molecular weight is 295 g/mol. The van der Waals surface area contributed by atoms with E-state index in [2.05, 4.69) is 0 Å². The summed E-state index contributed by atoms with van der Waals surface area (Å²) in [7, 11) is -3.24. The van der Waals surface area contributed by atoms with Crippen molar-refractivity contribution in [1.82, 2.24) is 4.90 Å². The van der Waals surface area contributed by atoms with Crippen molar-refractivity contribution in [3.8, 4) is 0 Å². The Hall–Kier alpha value is -0.270. The number of nitrogens with zero attached hydrogens (tertiary/aromatic N) is 1. The van der Waals surface area contributed by atoms with Crippen LogP contribution >= 0.6 is 11.8 Å². The van der Waals surface area contributed by atoms with Crippen molar-refractivity contribution in [2.45, 2.75) is 37.6 Å². The summed E-state index contributed by atoms with van der Waals surface area (Å²) in [5.41, 5.74) is 0. The number of unbranched alkanes of at least 4 members (excludes halogenated alkanes) is 1. The number of hydrogen-bond acceptors (Lipinski definition) is 5. The van der Waals surface area contributed by atoms with Crippen molar-refractivity contribution < 1.29 is 18.3 Å². The molecule has 7 heteroatoms. The molecule has 0 saturated carbocycles. The number of carboxylic acid groups (broad SMARTS) is 1. The monoisotopic (exact) mass is 295 g/mol. The third-order valence-corrected chi connectivity index (χ3v) is 5.79. The van der Waals surface area contributed by atoms with Crippen molar-refractivity contribution in [2.24, 2.45) is 0 Å². The van der Waals surface area contributed by atoms with Gasteiger partial charge in [0.2, 0.25) is 0 Å². The molecule has 5 nitrogen and oxygen atoms in total. The number of rotatable bonds is 6. The molecular weight excluding hydrogens is 274 g/mol. The van der Waals surface area contributed by atoms with Gasteiger partial charge in [-0.2, -0.15) is 11.8 Å². The SMILES string of the molecule is CCCCC(C(=O)O)N1CCSCC1S(C)(=O)=O. The maximum absolute atomic E-state index is 11.7. The molecule has 2 unspecified atom stereocenters. The molecule has 0 aromatic rings. The van der Waals surface area contributed by atoms with Crippen LogP contribution in [0.5, 0.6) is 0 Å². The van der Waals surface area contributed by atoms with Crippen molar-refractivity contribution >= 4 is 27.6 Å². The fourth-order valence-corrected chi connectivity index (χ4v) is 5.07. The summed E-state index contributed by atoms with van der Waals surface area (Å²) in [4.78, 5) is 13.0. The molecule has 18 heavy (non-hydrogen) atoms. The summed E-state index contributed by atoms with van der Waals surface area (Å²) >= 11 is 1.57. The number of thioether (sulfide) groups is 1. The molecule has 0 amide bonds. The Labute approximate surface area is 113 Å². The van der Waals surface area contributed by atoms with Crippen LogP contribution in [-0.4, -0.2) is 60.1 Å². The van der Waals surface area contributed by atoms with Gasteiger partial charge in [0.15, 0.2) is 9.84 Å². The van der Waals surface area contributed by atoms with Crippen molar-refractivity contribution in [3.05, 3.63) is 0 Å². The molecule has 0 radical (unpaired) electrons. The van der Waals surface area contributed by atoms with E-state index in [1.165, 1.54) is 6.26 Å². The standard InChI is InChI=1S/C11H21NO4S2/c1-3-4-5-9(11(13)14)12-6-7-17-8-10(12)18(2,15)16/h9-10H,3-8H2,1-2H3,(H,13,14). The third-order valence-electron chi connectivity index (χ3n) is 3.13. The highest BCUT2D eigenvalue weighted by Gasteiger charge is 2.38. The second kappa shape index (κ2) is 6.77. The molecule has 1 saturated heterocycles. The summed E-state index contributed by atoms with van der Waals surface area (Å²) in [6.07, 6.45) is 3.42. The lowest BCUT2D eigenvalue weighted by molar-refractivity contribution is -0.143. The van der Waals surface area contributed by atoms with Gasteiger partial charge in [-0.05, 0) is 6.42 Å². The molecule has 0 aliphatic carbocycles. The second-order valence-electron chi connectivity index (χ2n) is 4.59. The minimum atomic E-state index is -3.24. The first-order chi connectivity index (χ1) is 8.38. The fraction of sp³-hybridized carbons (Fsp3) is 0.909. The normalized spacial score (nSPS) is 23.8. The predicted molar refractivity (Wildman–Crippen MR) is 73.6 cm³/mol. The topological polar surface area (TPSA) is 74.7 Å². The molecule has 2 atom stereocenters.